The molecule has 0 amide bonds. The molecule has 0 bridgehead atoms. The van der Waals surface area contributed by atoms with E-state index in [0.29, 0.717) is 35.2 Å². The lowest BCUT2D eigenvalue weighted by Crippen LogP contribution is -2.12. The summed E-state index contributed by atoms with van der Waals surface area (Å²) in [6.45, 7) is 1.49. The molecule has 3 rings (SSSR count). The van der Waals surface area contributed by atoms with Gasteiger partial charge in [-0.1, -0.05) is 29.8 Å². The third kappa shape index (κ3) is 5.09. The van der Waals surface area contributed by atoms with Crippen LogP contribution < -0.4 is 5.56 Å². The highest BCUT2D eigenvalue weighted by molar-refractivity contribution is 7.91. The van der Waals surface area contributed by atoms with Crippen molar-refractivity contribution in [3.8, 4) is 0 Å². The van der Waals surface area contributed by atoms with Gasteiger partial charge in [-0.3, -0.25) is 9.59 Å². The minimum absolute atomic E-state index is 0.00848. The predicted molar refractivity (Wildman–Crippen MR) is 116 cm³/mol. The first-order valence-corrected chi connectivity index (χ1v) is 11.8. The molecule has 6 nitrogen and oxygen atoms in total. The van der Waals surface area contributed by atoms with Crippen LogP contribution >= 0.6 is 11.6 Å². The SMILES string of the molecule is Cc1ccc(C(=C[C@H]2CCC(=O)C2)c2ccc(S(=O)(=O)CCCO)c(Cl)c2)[nH]c1=O. The molecule has 8 heteroatoms. The van der Waals surface area contributed by atoms with E-state index in [1.54, 1.807) is 31.2 Å². The second-order valence-corrected chi connectivity index (χ2v) is 10.0. The maximum atomic E-state index is 12.5. The highest BCUT2D eigenvalue weighted by Gasteiger charge is 2.23. The topological polar surface area (TPSA) is 104 Å². The van der Waals surface area contributed by atoms with Gasteiger partial charge in [0.15, 0.2) is 9.84 Å². The van der Waals surface area contributed by atoms with E-state index in [4.69, 9.17) is 16.7 Å². The van der Waals surface area contributed by atoms with Crippen LogP contribution in [0.1, 0.15) is 42.5 Å². The molecule has 0 unspecified atom stereocenters. The van der Waals surface area contributed by atoms with Crippen molar-refractivity contribution < 1.29 is 18.3 Å². The summed E-state index contributed by atoms with van der Waals surface area (Å²) in [5, 5.41) is 9.00. The van der Waals surface area contributed by atoms with Crippen LogP contribution in [0, 0.1) is 12.8 Å². The van der Waals surface area contributed by atoms with Gasteiger partial charge in [-0.25, -0.2) is 8.42 Å². The molecule has 1 fully saturated rings. The van der Waals surface area contributed by atoms with E-state index in [2.05, 4.69) is 4.98 Å². The largest absolute Gasteiger partial charge is 0.396 e. The number of ketones is 1. The lowest BCUT2D eigenvalue weighted by molar-refractivity contribution is -0.117. The molecule has 2 aromatic rings. The molecule has 1 aromatic carbocycles. The minimum Gasteiger partial charge on any atom is -0.396 e. The van der Waals surface area contributed by atoms with Crippen molar-refractivity contribution in [1.82, 2.24) is 4.98 Å². The standard InChI is InChI=1S/C22H24ClNO5S/c1-14-3-7-20(24-22(14)27)18(12-15-4-6-17(26)11-15)16-5-8-21(19(23)13-16)30(28,29)10-2-9-25/h3,5,7-8,12-13,15,25H,2,4,6,9-11H2,1H3,(H,24,27)/t15-/m0/s1. The number of aryl methyl sites for hydroxylation is 1. The lowest BCUT2D eigenvalue weighted by atomic mass is 9.96. The molecule has 160 valence electrons. The number of pyridine rings is 1. The van der Waals surface area contributed by atoms with Gasteiger partial charge in [-0.15, -0.1) is 0 Å². The summed E-state index contributed by atoms with van der Waals surface area (Å²) in [6.07, 6.45) is 3.80. The summed E-state index contributed by atoms with van der Waals surface area (Å²) in [7, 11) is -3.62. The molecule has 1 aliphatic rings. The number of carbonyl (C=O) groups excluding carboxylic acids is 1. The van der Waals surface area contributed by atoms with Crippen molar-refractivity contribution in [2.24, 2.45) is 5.92 Å². The number of hydrogen-bond acceptors (Lipinski definition) is 5. The Kier molecular flexibility index (Phi) is 6.95. The van der Waals surface area contributed by atoms with Gasteiger partial charge >= 0.3 is 0 Å². The van der Waals surface area contributed by atoms with Gasteiger partial charge in [-0.2, -0.15) is 0 Å². The van der Waals surface area contributed by atoms with Crippen LogP contribution in [-0.2, 0) is 14.6 Å². The van der Waals surface area contributed by atoms with Crippen molar-refractivity contribution >= 4 is 32.8 Å². The number of rotatable bonds is 7. The van der Waals surface area contributed by atoms with Gasteiger partial charge in [0.1, 0.15) is 5.78 Å². The smallest absolute Gasteiger partial charge is 0.251 e. The average Bonchev–Trinajstić information content (AvgIpc) is 3.11. The molecule has 1 saturated carbocycles. The molecule has 1 aliphatic carbocycles. The maximum Gasteiger partial charge on any atom is 0.251 e. The first kappa shape index (κ1) is 22.5. The number of benzene rings is 1. The number of aliphatic hydroxyl groups is 1. The second-order valence-electron chi connectivity index (χ2n) is 7.55. The lowest BCUT2D eigenvalue weighted by Gasteiger charge is -2.14. The fourth-order valence-electron chi connectivity index (χ4n) is 3.55. The Balaban J connectivity index is 2.06. The predicted octanol–water partition coefficient (Wildman–Crippen LogP) is 3.29. The first-order chi connectivity index (χ1) is 14.2. The van der Waals surface area contributed by atoms with Gasteiger partial charge in [0.25, 0.3) is 5.56 Å². The quantitative estimate of drug-likeness (QED) is 0.674. The molecule has 30 heavy (non-hydrogen) atoms. The number of aromatic amines is 1. The van der Waals surface area contributed by atoms with Gasteiger partial charge in [-0.05, 0) is 49.4 Å². The van der Waals surface area contributed by atoms with Crippen LogP contribution in [0.25, 0.3) is 5.57 Å². The molecule has 2 N–H and O–H groups in total. The number of nitrogens with one attached hydrogen (secondary N) is 1. The molecule has 1 heterocycles. The van der Waals surface area contributed by atoms with Crippen LogP contribution in [0.2, 0.25) is 5.02 Å². The monoisotopic (exact) mass is 449 g/mol. The Morgan fingerprint density at radius 3 is 2.63 bits per heavy atom. The summed E-state index contributed by atoms with van der Waals surface area (Å²) in [4.78, 5) is 26.7. The minimum atomic E-state index is -3.62. The highest BCUT2D eigenvalue weighted by atomic mass is 35.5. The molecular formula is C22H24ClNO5S. The first-order valence-electron chi connectivity index (χ1n) is 9.78. The van der Waals surface area contributed by atoms with Gasteiger partial charge in [0.2, 0.25) is 0 Å². The summed E-state index contributed by atoms with van der Waals surface area (Å²) in [5.74, 6) is 0.0567. The van der Waals surface area contributed by atoms with Gasteiger partial charge in [0, 0.05) is 36.3 Å². The van der Waals surface area contributed by atoms with Crippen molar-refractivity contribution in [1.29, 1.82) is 0 Å². The number of allylic oxidation sites excluding steroid dienone is 1. The number of sulfone groups is 1. The van der Waals surface area contributed by atoms with E-state index in [-0.39, 0.29) is 46.0 Å². The summed E-state index contributed by atoms with van der Waals surface area (Å²) < 4.78 is 24.9. The van der Waals surface area contributed by atoms with Crippen molar-refractivity contribution in [3.05, 3.63) is 68.6 Å². The molecule has 0 spiro atoms. The number of Topliss-reactive ketones (excluding diaryl/α,β-unsaturated/α-hetero) is 1. The Labute approximate surface area is 180 Å². The van der Waals surface area contributed by atoms with Crippen molar-refractivity contribution in [2.75, 3.05) is 12.4 Å². The fraction of sp³-hybridized carbons (Fsp3) is 0.364. The van der Waals surface area contributed by atoms with Crippen LogP contribution in [0.3, 0.4) is 0 Å². The molecule has 0 saturated heterocycles. The number of carbonyl (C=O) groups is 1. The van der Waals surface area contributed by atoms with E-state index in [9.17, 15) is 18.0 Å². The summed E-state index contributed by atoms with van der Waals surface area (Å²) in [5.41, 5.74) is 2.30. The molecule has 1 aromatic heterocycles. The van der Waals surface area contributed by atoms with E-state index >= 15 is 0 Å². The van der Waals surface area contributed by atoms with Crippen LogP contribution in [0.4, 0.5) is 0 Å². The average molecular weight is 450 g/mol. The van der Waals surface area contributed by atoms with E-state index in [1.165, 1.54) is 6.07 Å². The number of aliphatic hydroxyl groups excluding tert-OH is 1. The van der Waals surface area contributed by atoms with Crippen LogP contribution in [-0.4, -0.2) is 36.7 Å². The molecule has 0 radical (unpaired) electrons. The Bertz CT molecular complexity index is 1150. The molecule has 1 atom stereocenters. The number of aromatic nitrogens is 1. The van der Waals surface area contributed by atoms with Gasteiger partial charge < -0.3 is 10.1 Å². The van der Waals surface area contributed by atoms with E-state index < -0.39 is 9.84 Å². The maximum absolute atomic E-state index is 12.5. The van der Waals surface area contributed by atoms with Gasteiger partial charge in [0.05, 0.1) is 15.7 Å². The number of hydrogen-bond donors (Lipinski definition) is 2. The number of H-pyrrole nitrogens is 1. The summed E-state index contributed by atoms with van der Waals surface area (Å²) >= 11 is 6.33. The Morgan fingerprint density at radius 2 is 2.03 bits per heavy atom. The summed E-state index contributed by atoms with van der Waals surface area (Å²) in [6, 6.07) is 8.17. The van der Waals surface area contributed by atoms with Crippen LogP contribution in [0.15, 0.2) is 46.1 Å². The molecular weight excluding hydrogens is 426 g/mol. The van der Waals surface area contributed by atoms with Crippen molar-refractivity contribution in [3.63, 3.8) is 0 Å². The highest BCUT2D eigenvalue weighted by Crippen LogP contribution is 2.33. The third-order valence-electron chi connectivity index (χ3n) is 5.23. The Morgan fingerprint density at radius 1 is 1.27 bits per heavy atom. The van der Waals surface area contributed by atoms with Crippen LogP contribution in [0.5, 0.6) is 0 Å². The normalized spacial score (nSPS) is 17.5. The van der Waals surface area contributed by atoms with E-state index in [1.807, 2.05) is 6.08 Å². The fourth-order valence-corrected chi connectivity index (χ4v) is 5.44. The zero-order valence-electron chi connectivity index (χ0n) is 16.7. The second kappa shape index (κ2) is 9.29. The van der Waals surface area contributed by atoms with E-state index in [0.717, 1.165) is 6.42 Å². The number of halogens is 1. The Hall–Kier alpha value is -2.22. The van der Waals surface area contributed by atoms with Crippen molar-refractivity contribution in [2.45, 2.75) is 37.5 Å². The zero-order valence-corrected chi connectivity index (χ0v) is 18.2. The zero-order chi connectivity index (χ0) is 21.9. The molecule has 0 aliphatic heterocycles. The third-order valence-corrected chi connectivity index (χ3v) is 7.51.